The molecule has 0 radical (unpaired) electrons. The fourth-order valence-corrected chi connectivity index (χ4v) is 1.99. The van der Waals surface area contributed by atoms with Crippen molar-refractivity contribution in [3.8, 4) is 5.75 Å². The maximum absolute atomic E-state index is 13.5. The van der Waals surface area contributed by atoms with Crippen LogP contribution in [0.1, 0.15) is 41.8 Å². The maximum atomic E-state index is 13.5. The summed E-state index contributed by atoms with van der Waals surface area (Å²) in [5.41, 5.74) is -0.0380. The van der Waals surface area contributed by atoms with Crippen LogP contribution in [0.4, 0.5) is 8.92 Å². The van der Waals surface area contributed by atoms with Gasteiger partial charge in [0.25, 0.3) is 11.5 Å². The van der Waals surface area contributed by atoms with Crippen molar-refractivity contribution in [3.05, 3.63) is 57.5 Å². The van der Waals surface area contributed by atoms with E-state index in [2.05, 4.69) is 20.2 Å². The van der Waals surface area contributed by atoms with Crippen molar-refractivity contribution in [2.24, 2.45) is 0 Å². The second-order valence-electron chi connectivity index (χ2n) is 4.89. The Kier molecular flexibility index (Phi) is 5.05. The van der Waals surface area contributed by atoms with E-state index >= 15 is 0 Å². The lowest BCUT2D eigenvalue weighted by Crippen LogP contribution is -2.29. The molecule has 1 aromatic carbocycles. The van der Waals surface area contributed by atoms with Gasteiger partial charge in [-0.05, 0) is 24.6 Å². The zero-order chi connectivity index (χ0) is 17.0. The van der Waals surface area contributed by atoms with Crippen molar-refractivity contribution in [1.82, 2.24) is 15.3 Å². The third kappa shape index (κ3) is 3.91. The van der Waals surface area contributed by atoms with Gasteiger partial charge in [0.1, 0.15) is 11.5 Å². The Balaban J connectivity index is 2.18. The third-order valence-electron chi connectivity index (χ3n) is 3.24. The van der Waals surface area contributed by atoms with Crippen LogP contribution in [0, 0.1) is 5.82 Å². The molecule has 0 aliphatic heterocycles. The minimum Gasteiger partial charge on any atom is -0.344 e. The number of nitrogens with zero attached hydrogens (tertiary/aromatic N) is 1. The molecule has 0 spiro atoms. The summed E-state index contributed by atoms with van der Waals surface area (Å²) in [6.45, 7) is 3.41. The van der Waals surface area contributed by atoms with E-state index < -0.39 is 29.1 Å². The van der Waals surface area contributed by atoms with E-state index in [0.29, 0.717) is 17.8 Å². The van der Waals surface area contributed by atoms with Crippen LogP contribution in [0.5, 0.6) is 5.75 Å². The zero-order valence-corrected chi connectivity index (χ0v) is 12.5. The van der Waals surface area contributed by atoms with Crippen LogP contribution >= 0.6 is 0 Å². The Labute approximate surface area is 130 Å². The maximum Gasteiger partial charge on any atom is 0.270 e. The van der Waals surface area contributed by atoms with Crippen LogP contribution < -0.4 is 15.8 Å². The standard InChI is InChI=1S/C15H15F2N3O3/c1-3-13-19-11(7-14(21)20-13)15(22)18-8(2)9-4-5-12(23-17)10(16)6-9/h4-8H,3H2,1-2H3,(H,18,22)(H,19,20,21)/t8-/m1/s1. The van der Waals surface area contributed by atoms with Crippen LogP contribution in [-0.2, 0) is 6.42 Å². The van der Waals surface area contributed by atoms with Crippen molar-refractivity contribution >= 4 is 5.91 Å². The second kappa shape index (κ2) is 6.99. The Bertz CT molecular complexity index is 777. The average molecular weight is 323 g/mol. The molecule has 0 aliphatic rings. The molecule has 0 unspecified atom stereocenters. The van der Waals surface area contributed by atoms with Crippen LogP contribution in [0.25, 0.3) is 0 Å². The molecule has 0 saturated heterocycles. The number of aromatic amines is 1. The number of rotatable bonds is 5. The highest BCUT2D eigenvalue weighted by Gasteiger charge is 2.16. The smallest absolute Gasteiger partial charge is 0.270 e. The molecule has 2 rings (SSSR count). The van der Waals surface area contributed by atoms with E-state index in [1.54, 1.807) is 13.8 Å². The fourth-order valence-electron chi connectivity index (χ4n) is 1.99. The fraction of sp³-hybridized carbons (Fsp3) is 0.267. The molecule has 1 atom stereocenters. The van der Waals surface area contributed by atoms with Gasteiger partial charge in [0.2, 0.25) is 5.75 Å². The number of aromatic nitrogens is 2. The predicted molar refractivity (Wildman–Crippen MR) is 78.3 cm³/mol. The highest BCUT2D eigenvalue weighted by Crippen LogP contribution is 2.22. The molecule has 0 saturated carbocycles. The number of halogens is 2. The molecule has 0 bridgehead atoms. The van der Waals surface area contributed by atoms with Gasteiger partial charge in [-0.1, -0.05) is 13.0 Å². The van der Waals surface area contributed by atoms with Crippen LogP contribution in [0.2, 0.25) is 0 Å². The van der Waals surface area contributed by atoms with Gasteiger partial charge in [0.15, 0.2) is 5.82 Å². The summed E-state index contributed by atoms with van der Waals surface area (Å²) in [6.07, 6.45) is 0.474. The number of carbonyl (C=O) groups excluding carboxylic acids is 1. The van der Waals surface area contributed by atoms with Crippen LogP contribution in [-0.4, -0.2) is 15.9 Å². The quantitative estimate of drug-likeness (QED) is 0.884. The topological polar surface area (TPSA) is 84.1 Å². The zero-order valence-electron chi connectivity index (χ0n) is 12.5. The summed E-state index contributed by atoms with van der Waals surface area (Å²) >= 11 is 0. The highest BCUT2D eigenvalue weighted by molar-refractivity contribution is 5.92. The number of amides is 1. The van der Waals surface area contributed by atoms with E-state index in [4.69, 9.17) is 0 Å². The lowest BCUT2D eigenvalue weighted by Gasteiger charge is -2.14. The Morgan fingerprint density at radius 3 is 2.78 bits per heavy atom. The first-order valence-corrected chi connectivity index (χ1v) is 6.93. The highest BCUT2D eigenvalue weighted by atomic mass is 19.3. The van der Waals surface area contributed by atoms with Crippen molar-refractivity contribution in [1.29, 1.82) is 0 Å². The summed E-state index contributed by atoms with van der Waals surface area (Å²) in [4.78, 5) is 33.5. The molecule has 1 aromatic heterocycles. The molecule has 1 amide bonds. The minimum atomic E-state index is -0.881. The second-order valence-corrected chi connectivity index (χ2v) is 4.89. The first-order chi connectivity index (χ1) is 10.9. The van der Waals surface area contributed by atoms with Crippen LogP contribution in [0.15, 0.2) is 29.1 Å². The van der Waals surface area contributed by atoms with E-state index in [1.165, 1.54) is 6.07 Å². The Morgan fingerprint density at radius 1 is 1.43 bits per heavy atom. The molecule has 0 fully saturated rings. The van der Waals surface area contributed by atoms with Crippen molar-refractivity contribution in [3.63, 3.8) is 0 Å². The summed E-state index contributed by atoms with van der Waals surface area (Å²) < 4.78 is 25.5. The summed E-state index contributed by atoms with van der Waals surface area (Å²) in [7, 11) is 0. The molecule has 8 heteroatoms. The van der Waals surface area contributed by atoms with Crippen molar-refractivity contribution in [2.45, 2.75) is 26.3 Å². The third-order valence-corrected chi connectivity index (χ3v) is 3.24. The normalized spacial score (nSPS) is 11.8. The lowest BCUT2D eigenvalue weighted by molar-refractivity contribution is -0.0107. The largest absolute Gasteiger partial charge is 0.344 e. The molecule has 2 aromatic rings. The predicted octanol–water partition coefficient (Wildman–Crippen LogP) is 2.23. The Hall–Kier alpha value is -2.77. The lowest BCUT2D eigenvalue weighted by atomic mass is 10.1. The van der Waals surface area contributed by atoms with Gasteiger partial charge in [-0.25, -0.2) is 9.37 Å². The van der Waals surface area contributed by atoms with Gasteiger partial charge in [0.05, 0.1) is 6.04 Å². The van der Waals surface area contributed by atoms with E-state index in [-0.39, 0.29) is 5.69 Å². The summed E-state index contributed by atoms with van der Waals surface area (Å²) in [6, 6.07) is 4.11. The summed E-state index contributed by atoms with van der Waals surface area (Å²) in [5.74, 6) is -1.58. The minimum absolute atomic E-state index is 0.0263. The van der Waals surface area contributed by atoms with Gasteiger partial charge in [0, 0.05) is 17.0 Å². The molecule has 6 nitrogen and oxygen atoms in total. The number of hydrogen-bond acceptors (Lipinski definition) is 4. The molecular formula is C15H15F2N3O3. The number of benzene rings is 1. The van der Waals surface area contributed by atoms with Gasteiger partial charge in [-0.3, -0.25) is 14.5 Å². The first-order valence-electron chi connectivity index (χ1n) is 6.93. The molecule has 122 valence electrons. The number of nitrogens with one attached hydrogen (secondary N) is 2. The Morgan fingerprint density at radius 2 is 2.17 bits per heavy atom. The van der Waals surface area contributed by atoms with E-state index in [9.17, 15) is 18.5 Å². The monoisotopic (exact) mass is 323 g/mol. The number of carbonyl (C=O) groups is 1. The van der Waals surface area contributed by atoms with Crippen molar-refractivity contribution < 1.29 is 18.7 Å². The number of H-pyrrole nitrogens is 1. The summed E-state index contributed by atoms with van der Waals surface area (Å²) in [5, 5.41) is 2.60. The van der Waals surface area contributed by atoms with Crippen LogP contribution in [0.3, 0.4) is 0 Å². The van der Waals surface area contributed by atoms with Gasteiger partial charge in [-0.2, -0.15) is 0 Å². The number of hydrogen-bond donors (Lipinski definition) is 2. The first kappa shape index (κ1) is 16.6. The molecular weight excluding hydrogens is 308 g/mol. The van der Waals surface area contributed by atoms with Crippen molar-refractivity contribution in [2.75, 3.05) is 0 Å². The van der Waals surface area contributed by atoms with E-state index in [1.807, 2.05) is 0 Å². The van der Waals surface area contributed by atoms with Gasteiger partial charge in [-0.15, -0.1) is 0 Å². The van der Waals surface area contributed by atoms with Gasteiger partial charge < -0.3 is 10.3 Å². The molecule has 2 N–H and O–H groups in total. The SMILES string of the molecule is CCc1nc(C(=O)N[C@H](C)c2ccc(OF)c(F)c2)cc(=O)[nH]1. The average Bonchev–Trinajstić information content (AvgIpc) is 2.53. The molecule has 23 heavy (non-hydrogen) atoms. The van der Waals surface area contributed by atoms with E-state index in [0.717, 1.165) is 18.2 Å². The number of aryl methyl sites for hydroxylation is 1. The molecule has 1 heterocycles. The molecule has 0 aliphatic carbocycles. The van der Waals surface area contributed by atoms with Gasteiger partial charge >= 0.3 is 0 Å².